The largest absolute Gasteiger partial charge is 0.494 e. The van der Waals surface area contributed by atoms with E-state index in [1.54, 1.807) is 54.6 Å². The molecule has 3 rings (SSSR count). The molecule has 7 nitrogen and oxygen atoms in total. The van der Waals surface area contributed by atoms with Crippen molar-refractivity contribution in [1.82, 2.24) is 4.31 Å². The number of carbonyl (C=O) groups excluding carboxylic acids is 1. The third kappa shape index (κ3) is 5.42. The highest BCUT2D eigenvalue weighted by Gasteiger charge is 2.19. The van der Waals surface area contributed by atoms with Crippen LogP contribution < -0.4 is 14.8 Å². The van der Waals surface area contributed by atoms with Gasteiger partial charge in [-0.05, 0) is 61.5 Å². The Kier molecular flexibility index (Phi) is 6.94. The van der Waals surface area contributed by atoms with E-state index in [-0.39, 0.29) is 10.5 Å². The average molecular weight is 441 g/mol. The number of hydrogen-bond donors (Lipinski definition) is 1. The van der Waals surface area contributed by atoms with Gasteiger partial charge in [-0.3, -0.25) is 4.79 Å². The fraction of sp³-hybridized carbons (Fsp3) is 0.174. The van der Waals surface area contributed by atoms with Crippen LogP contribution in [0.1, 0.15) is 17.3 Å². The molecule has 0 atom stereocenters. The number of anilines is 1. The molecule has 3 aromatic rings. The summed E-state index contributed by atoms with van der Waals surface area (Å²) in [5.74, 6) is 1.34. The molecular weight excluding hydrogens is 416 g/mol. The van der Waals surface area contributed by atoms with Crippen molar-refractivity contribution in [2.75, 3.05) is 26.0 Å². The van der Waals surface area contributed by atoms with Gasteiger partial charge in [0.05, 0.1) is 17.2 Å². The molecule has 1 amide bonds. The van der Waals surface area contributed by atoms with Crippen LogP contribution in [0.4, 0.5) is 5.69 Å². The molecule has 0 aromatic heterocycles. The fourth-order valence-corrected chi connectivity index (χ4v) is 3.71. The van der Waals surface area contributed by atoms with Gasteiger partial charge in [-0.15, -0.1) is 0 Å². The normalized spacial score (nSPS) is 11.2. The summed E-state index contributed by atoms with van der Waals surface area (Å²) in [6, 6.07) is 20.1. The Bertz CT molecular complexity index is 1160. The molecule has 0 saturated heterocycles. The molecular formula is C23H24N2O5S. The number of hydrogen-bond acceptors (Lipinski definition) is 5. The Hall–Kier alpha value is -3.36. The van der Waals surface area contributed by atoms with Gasteiger partial charge in [0.2, 0.25) is 10.0 Å². The summed E-state index contributed by atoms with van der Waals surface area (Å²) in [6.45, 7) is 2.49. The van der Waals surface area contributed by atoms with Crippen LogP contribution in [0, 0.1) is 0 Å². The Morgan fingerprint density at radius 2 is 1.61 bits per heavy atom. The minimum absolute atomic E-state index is 0.0454. The third-order valence-corrected chi connectivity index (χ3v) is 6.18. The SMILES string of the molecule is CCOc1ccc(Oc2ccccc2NC(=O)c2cccc(S(=O)(=O)N(C)C)c2)cc1. The lowest BCUT2D eigenvalue weighted by Crippen LogP contribution is -2.22. The summed E-state index contributed by atoms with van der Waals surface area (Å²) >= 11 is 0. The summed E-state index contributed by atoms with van der Waals surface area (Å²) in [5, 5.41) is 2.79. The van der Waals surface area contributed by atoms with Crippen LogP contribution in [0.3, 0.4) is 0 Å². The maximum Gasteiger partial charge on any atom is 0.255 e. The molecule has 0 radical (unpaired) electrons. The van der Waals surface area contributed by atoms with E-state index in [1.165, 1.54) is 32.3 Å². The second-order valence-electron chi connectivity index (χ2n) is 6.77. The third-order valence-electron chi connectivity index (χ3n) is 4.37. The predicted molar refractivity (Wildman–Crippen MR) is 119 cm³/mol. The quantitative estimate of drug-likeness (QED) is 0.562. The average Bonchev–Trinajstić information content (AvgIpc) is 2.76. The number of sulfonamides is 1. The minimum atomic E-state index is -3.64. The van der Waals surface area contributed by atoms with Gasteiger partial charge in [0.1, 0.15) is 11.5 Å². The molecule has 0 unspecified atom stereocenters. The van der Waals surface area contributed by atoms with Crippen LogP contribution in [-0.2, 0) is 10.0 Å². The van der Waals surface area contributed by atoms with Crippen molar-refractivity contribution in [3.05, 3.63) is 78.4 Å². The number of nitrogens with zero attached hydrogens (tertiary/aromatic N) is 1. The zero-order valence-corrected chi connectivity index (χ0v) is 18.3. The highest BCUT2D eigenvalue weighted by atomic mass is 32.2. The van der Waals surface area contributed by atoms with Crippen molar-refractivity contribution in [3.8, 4) is 17.2 Å². The smallest absolute Gasteiger partial charge is 0.255 e. The molecule has 3 aromatic carbocycles. The fourth-order valence-electron chi connectivity index (χ4n) is 2.76. The van der Waals surface area contributed by atoms with Gasteiger partial charge in [-0.2, -0.15) is 0 Å². The van der Waals surface area contributed by atoms with Crippen molar-refractivity contribution < 1.29 is 22.7 Å². The first kappa shape index (κ1) is 22.3. The molecule has 0 fully saturated rings. The summed E-state index contributed by atoms with van der Waals surface area (Å²) in [7, 11) is -0.762. The highest BCUT2D eigenvalue weighted by molar-refractivity contribution is 7.89. The first-order valence-electron chi connectivity index (χ1n) is 9.65. The van der Waals surface area contributed by atoms with E-state index < -0.39 is 15.9 Å². The number of benzene rings is 3. The second-order valence-corrected chi connectivity index (χ2v) is 8.92. The molecule has 31 heavy (non-hydrogen) atoms. The van der Waals surface area contributed by atoms with Gasteiger partial charge in [0.25, 0.3) is 5.91 Å². The number of nitrogens with one attached hydrogen (secondary N) is 1. The van der Waals surface area contributed by atoms with E-state index in [0.29, 0.717) is 23.8 Å². The van der Waals surface area contributed by atoms with E-state index in [1.807, 2.05) is 6.92 Å². The lowest BCUT2D eigenvalue weighted by Gasteiger charge is -2.14. The van der Waals surface area contributed by atoms with Crippen molar-refractivity contribution >= 4 is 21.6 Å². The first-order valence-corrected chi connectivity index (χ1v) is 11.1. The summed E-state index contributed by atoms with van der Waals surface area (Å²) in [6.07, 6.45) is 0. The van der Waals surface area contributed by atoms with Crippen LogP contribution in [-0.4, -0.2) is 39.3 Å². The summed E-state index contributed by atoms with van der Waals surface area (Å²) in [5.41, 5.74) is 0.682. The van der Waals surface area contributed by atoms with Crippen molar-refractivity contribution in [2.24, 2.45) is 0 Å². The monoisotopic (exact) mass is 440 g/mol. The summed E-state index contributed by atoms with van der Waals surface area (Å²) in [4.78, 5) is 12.8. The Balaban J connectivity index is 1.80. The number of carbonyl (C=O) groups is 1. The summed E-state index contributed by atoms with van der Waals surface area (Å²) < 4.78 is 37.1. The lowest BCUT2D eigenvalue weighted by molar-refractivity contribution is 0.102. The van der Waals surface area contributed by atoms with Crippen LogP contribution >= 0.6 is 0 Å². The Morgan fingerprint density at radius 3 is 2.29 bits per heavy atom. The zero-order valence-electron chi connectivity index (χ0n) is 17.5. The van der Waals surface area contributed by atoms with Crippen molar-refractivity contribution in [1.29, 1.82) is 0 Å². The maximum absolute atomic E-state index is 12.8. The zero-order chi connectivity index (χ0) is 22.4. The van der Waals surface area contributed by atoms with Gasteiger partial charge in [0.15, 0.2) is 5.75 Å². The van der Waals surface area contributed by atoms with Gasteiger partial charge in [0, 0.05) is 19.7 Å². The molecule has 162 valence electrons. The molecule has 0 spiro atoms. The standard InChI is InChI=1S/C23H24N2O5S/c1-4-29-18-12-14-19(15-13-18)30-22-11-6-5-10-21(22)24-23(26)17-8-7-9-20(16-17)31(27,28)25(2)3/h5-16H,4H2,1-3H3,(H,24,26). The van der Waals surface area contributed by atoms with Gasteiger partial charge >= 0.3 is 0 Å². The van der Waals surface area contributed by atoms with Crippen LogP contribution in [0.25, 0.3) is 0 Å². The molecule has 1 N–H and O–H groups in total. The molecule has 0 aliphatic carbocycles. The molecule has 0 heterocycles. The molecule has 0 aliphatic heterocycles. The van der Waals surface area contributed by atoms with E-state index in [9.17, 15) is 13.2 Å². The van der Waals surface area contributed by atoms with Crippen molar-refractivity contribution in [3.63, 3.8) is 0 Å². The lowest BCUT2D eigenvalue weighted by atomic mass is 10.2. The number of para-hydroxylation sites is 2. The highest BCUT2D eigenvalue weighted by Crippen LogP contribution is 2.30. The topological polar surface area (TPSA) is 84.9 Å². The molecule has 0 bridgehead atoms. The van der Waals surface area contributed by atoms with E-state index >= 15 is 0 Å². The van der Waals surface area contributed by atoms with Crippen LogP contribution in [0.2, 0.25) is 0 Å². The predicted octanol–water partition coefficient (Wildman–Crippen LogP) is 4.38. The van der Waals surface area contributed by atoms with Crippen molar-refractivity contribution in [2.45, 2.75) is 11.8 Å². The maximum atomic E-state index is 12.8. The number of ether oxygens (including phenoxy) is 2. The minimum Gasteiger partial charge on any atom is -0.494 e. The Labute approximate surface area is 182 Å². The molecule has 0 saturated carbocycles. The van der Waals surface area contributed by atoms with Gasteiger partial charge in [-0.1, -0.05) is 18.2 Å². The van der Waals surface area contributed by atoms with E-state index in [2.05, 4.69) is 5.32 Å². The number of amides is 1. The van der Waals surface area contributed by atoms with Crippen LogP contribution in [0.15, 0.2) is 77.7 Å². The molecule has 0 aliphatic rings. The van der Waals surface area contributed by atoms with E-state index in [0.717, 1.165) is 10.1 Å². The van der Waals surface area contributed by atoms with Gasteiger partial charge in [-0.25, -0.2) is 12.7 Å². The van der Waals surface area contributed by atoms with Crippen LogP contribution in [0.5, 0.6) is 17.2 Å². The van der Waals surface area contributed by atoms with Gasteiger partial charge < -0.3 is 14.8 Å². The van der Waals surface area contributed by atoms with E-state index in [4.69, 9.17) is 9.47 Å². The number of rotatable bonds is 8. The molecule has 8 heteroatoms. The second kappa shape index (κ2) is 9.63. The first-order chi connectivity index (χ1) is 14.8. The Morgan fingerprint density at radius 1 is 0.935 bits per heavy atom.